The van der Waals surface area contributed by atoms with Crippen LogP contribution in [0.2, 0.25) is 0 Å². The normalized spacial score (nSPS) is 14.4. The van der Waals surface area contributed by atoms with Gasteiger partial charge in [-0.05, 0) is 55.4 Å². The van der Waals surface area contributed by atoms with Gasteiger partial charge in [0.1, 0.15) is 0 Å². The van der Waals surface area contributed by atoms with E-state index in [1.54, 1.807) is 67.5 Å². The van der Waals surface area contributed by atoms with E-state index in [0.29, 0.717) is 0 Å². The fourth-order valence-electron chi connectivity index (χ4n) is 0.767. The molecule has 0 amide bonds. The van der Waals surface area contributed by atoms with Gasteiger partial charge in [-0.3, -0.25) is 0 Å². The van der Waals surface area contributed by atoms with Crippen LogP contribution >= 0.6 is 0 Å². The number of allylic oxidation sites excluding steroid dienone is 2. The Morgan fingerprint density at radius 3 is 0.850 bits per heavy atom. The lowest BCUT2D eigenvalue weighted by atomic mass is 10.3. The van der Waals surface area contributed by atoms with Gasteiger partial charge in [0.2, 0.25) is 0 Å². The van der Waals surface area contributed by atoms with Crippen molar-refractivity contribution in [2.24, 2.45) is 0 Å². The summed E-state index contributed by atoms with van der Waals surface area (Å²) < 4.78 is 43.3. The van der Waals surface area contributed by atoms with Gasteiger partial charge in [0.25, 0.3) is 0 Å². The van der Waals surface area contributed by atoms with Gasteiger partial charge in [0.05, 0.1) is 9.49 Å². The first-order chi connectivity index (χ1) is 8.62. The van der Waals surface area contributed by atoms with Crippen LogP contribution in [0.5, 0.6) is 0 Å². The van der Waals surface area contributed by atoms with Crippen LogP contribution in [0.15, 0.2) is 23.0 Å². The molecule has 0 aromatic carbocycles. The topological polar surface area (TPSA) is 68.3 Å². The Balaban J connectivity index is 0. The first-order valence-corrected chi connectivity index (χ1v) is 9.46. The second-order valence-electron chi connectivity index (χ2n) is 6.25. The van der Waals surface area contributed by atoms with E-state index < -0.39 is 29.2 Å². The average Bonchev–Trinajstić information content (AvgIpc) is 2.14. The van der Waals surface area contributed by atoms with Crippen molar-refractivity contribution < 1.29 is 16.8 Å². The summed E-state index contributed by atoms with van der Waals surface area (Å²) >= 11 is 0. The van der Waals surface area contributed by atoms with E-state index in [2.05, 4.69) is 0 Å². The molecule has 0 aliphatic rings. The maximum Gasteiger partial charge on any atom is 0.176 e. The molecule has 0 aliphatic carbocycles. The van der Waals surface area contributed by atoms with Crippen LogP contribution in [0, 0.1) is 0 Å². The van der Waals surface area contributed by atoms with E-state index in [1.807, 2.05) is 0 Å². The SMILES string of the molecule is C/C=C/S(=O)(=O)C(C)(C)C.C/C=C\S(=O)(=O)C(C)(C)C. The van der Waals surface area contributed by atoms with Crippen molar-refractivity contribution in [1.82, 2.24) is 0 Å². The van der Waals surface area contributed by atoms with Gasteiger partial charge in [0, 0.05) is 10.8 Å². The highest BCUT2D eigenvalue weighted by atomic mass is 32.2. The summed E-state index contributed by atoms with van der Waals surface area (Å²) in [5.41, 5.74) is 0. The molecule has 0 unspecified atom stereocenters. The molecule has 0 aliphatic heterocycles. The van der Waals surface area contributed by atoms with Crippen LogP contribution in [0.3, 0.4) is 0 Å². The van der Waals surface area contributed by atoms with E-state index in [1.165, 1.54) is 10.8 Å². The highest BCUT2D eigenvalue weighted by Gasteiger charge is 2.26. The quantitative estimate of drug-likeness (QED) is 0.780. The third-order valence-electron chi connectivity index (χ3n) is 2.34. The zero-order chi connectivity index (χ0) is 16.8. The lowest BCUT2D eigenvalue weighted by molar-refractivity contribution is 0.569. The van der Waals surface area contributed by atoms with E-state index in [-0.39, 0.29) is 0 Å². The van der Waals surface area contributed by atoms with Gasteiger partial charge in [-0.1, -0.05) is 12.2 Å². The zero-order valence-corrected chi connectivity index (χ0v) is 15.4. The summed E-state index contributed by atoms with van der Waals surface area (Å²) in [5, 5.41) is 2.49. The summed E-state index contributed by atoms with van der Waals surface area (Å²) in [5.74, 6) is 0. The Bertz CT molecular complexity index is 485. The van der Waals surface area contributed by atoms with Gasteiger partial charge in [0.15, 0.2) is 19.7 Å². The Kier molecular flexibility index (Phi) is 8.03. The molecule has 0 heterocycles. The van der Waals surface area contributed by atoms with Crippen LogP contribution in [-0.4, -0.2) is 26.3 Å². The van der Waals surface area contributed by atoms with E-state index in [4.69, 9.17) is 0 Å². The van der Waals surface area contributed by atoms with Crippen LogP contribution in [0.4, 0.5) is 0 Å². The highest BCUT2D eigenvalue weighted by Crippen LogP contribution is 2.17. The molecular weight excluding hydrogens is 296 g/mol. The summed E-state index contributed by atoms with van der Waals surface area (Å²) in [7, 11) is -6.06. The van der Waals surface area contributed by atoms with Gasteiger partial charge in [-0.2, -0.15) is 0 Å². The van der Waals surface area contributed by atoms with Crippen molar-refractivity contribution in [1.29, 1.82) is 0 Å². The maximum atomic E-state index is 11.2. The minimum Gasteiger partial charge on any atom is -0.224 e. The first-order valence-electron chi connectivity index (χ1n) is 6.37. The van der Waals surface area contributed by atoms with Crippen LogP contribution < -0.4 is 0 Å². The largest absolute Gasteiger partial charge is 0.224 e. The Labute approximate surface area is 124 Å². The lowest BCUT2D eigenvalue weighted by Gasteiger charge is -2.15. The van der Waals surface area contributed by atoms with E-state index in [9.17, 15) is 16.8 Å². The molecule has 0 spiro atoms. The molecule has 20 heavy (non-hydrogen) atoms. The monoisotopic (exact) mass is 324 g/mol. The number of rotatable bonds is 2. The average molecular weight is 325 g/mol. The van der Waals surface area contributed by atoms with Crippen molar-refractivity contribution in [3.63, 3.8) is 0 Å². The van der Waals surface area contributed by atoms with Crippen LogP contribution in [-0.2, 0) is 19.7 Å². The van der Waals surface area contributed by atoms with Crippen molar-refractivity contribution in [2.45, 2.75) is 64.9 Å². The molecule has 0 saturated heterocycles. The molecule has 0 aromatic rings. The molecule has 0 atom stereocenters. The van der Waals surface area contributed by atoms with Crippen molar-refractivity contribution in [3.05, 3.63) is 23.0 Å². The molecule has 0 saturated carbocycles. The van der Waals surface area contributed by atoms with Crippen molar-refractivity contribution in [2.75, 3.05) is 0 Å². The van der Waals surface area contributed by atoms with Crippen molar-refractivity contribution >= 4 is 19.7 Å². The standard InChI is InChI=1S/2C7H14O2S/c2*1-5-6-10(8,9)7(2,3)4/h2*5-6H,1-4H3/b6-5+;6-5-. The van der Waals surface area contributed by atoms with Gasteiger partial charge < -0.3 is 0 Å². The summed E-state index contributed by atoms with van der Waals surface area (Å²) in [6.07, 6.45) is 3.08. The van der Waals surface area contributed by atoms with Crippen LogP contribution in [0.1, 0.15) is 55.4 Å². The molecule has 0 fully saturated rings. The summed E-state index contributed by atoms with van der Waals surface area (Å²) in [6.45, 7) is 13.5. The molecule has 4 nitrogen and oxygen atoms in total. The van der Waals surface area contributed by atoms with E-state index >= 15 is 0 Å². The fraction of sp³-hybridized carbons (Fsp3) is 0.714. The molecule has 0 aromatic heterocycles. The minimum atomic E-state index is -3.03. The predicted molar refractivity (Wildman–Crippen MR) is 87.0 cm³/mol. The molecule has 0 N–H and O–H groups in total. The van der Waals surface area contributed by atoms with Gasteiger partial charge in [-0.25, -0.2) is 16.8 Å². The molecule has 6 heteroatoms. The maximum absolute atomic E-state index is 11.2. The second-order valence-corrected chi connectivity index (χ2v) is 11.4. The molecular formula is C14H28O4S2. The van der Waals surface area contributed by atoms with E-state index in [0.717, 1.165) is 0 Å². The first kappa shape index (κ1) is 21.7. The molecule has 0 radical (unpaired) electrons. The van der Waals surface area contributed by atoms with Crippen LogP contribution in [0.25, 0.3) is 0 Å². The smallest absolute Gasteiger partial charge is 0.176 e. The van der Waals surface area contributed by atoms with Gasteiger partial charge >= 0.3 is 0 Å². The second kappa shape index (κ2) is 7.41. The number of hydrogen-bond acceptors (Lipinski definition) is 4. The number of hydrogen-bond donors (Lipinski definition) is 0. The highest BCUT2D eigenvalue weighted by molar-refractivity contribution is 7.95. The molecule has 120 valence electrons. The van der Waals surface area contributed by atoms with Crippen molar-refractivity contribution in [3.8, 4) is 0 Å². The zero-order valence-electron chi connectivity index (χ0n) is 13.8. The summed E-state index contributed by atoms with van der Waals surface area (Å²) in [4.78, 5) is 0. The minimum absolute atomic E-state index is 0.667. The molecule has 0 bridgehead atoms. The Hall–Kier alpha value is -0.620. The lowest BCUT2D eigenvalue weighted by Crippen LogP contribution is -2.25. The fourth-order valence-corrected chi connectivity index (χ4v) is 2.30. The third kappa shape index (κ3) is 7.24. The molecule has 0 rings (SSSR count). The Morgan fingerprint density at radius 1 is 0.600 bits per heavy atom. The summed E-state index contributed by atoms with van der Waals surface area (Å²) in [6, 6.07) is 0. The third-order valence-corrected chi connectivity index (χ3v) is 7.01. The van der Waals surface area contributed by atoms with Gasteiger partial charge in [-0.15, -0.1) is 0 Å². The predicted octanol–water partition coefficient (Wildman–Crippen LogP) is 3.47. The Morgan fingerprint density at radius 2 is 0.800 bits per heavy atom. The number of sulfone groups is 2.